The van der Waals surface area contributed by atoms with Crippen LogP contribution in [0.5, 0.6) is 0 Å². The summed E-state index contributed by atoms with van der Waals surface area (Å²) in [6.07, 6.45) is 20.8. The molecule has 1 unspecified atom stereocenters. The SMILES string of the molecule is CCCCCCCCCCCCCCCCCC(=O)OC[C@H](CCOC(=O)C(NC(=O)OC(C)(C)C)C(C)C)Cn1cnc2c(C)nc(N)nc21. The Balaban J connectivity index is 1.80. The van der Waals surface area contributed by atoms with Crippen molar-refractivity contribution >= 4 is 35.1 Å². The summed E-state index contributed by atoms with van der Waals surface area (Å²) in [5.41, 5.74) is 7.13. The first kappa shape index (κ1) is 43.7. The van der Waals surface area contributed by atoms with Gasteiger partial charge in [0.15, 0.2) is 5.65 Å². The molecule has 0 aromatic carbocycles. The van der Waals surface area contributed by atoms with Gasteiger partial charge in [-0.1, -0.05) is 111 Å². The van der Waals surface area contributed by atoms with E-state index in [-0.39, 0.29) is 37.0 Å². The number of amides is 1. The molecule has 51 heavy (non-hydrogen) atoms. The summed E-state index contributed by atoms with van der Waals surface area (Å²) in [7, 11) is 0. The van der Waals surface area contributed by atoms with Crippen LogP contribution in [-0.2, 0) is 30.3 Å². The van der Waals surface area contributed by atoms with Crippen molar-refractivity contribution in [3.05, 3.63) is 12.0 Å². The minimum atomic E-state index is -0.869. The van der Waals surface area contributed by atoms with Gasteiger partial charge < -0.3 is 29.8 Å². The fourth-order valence-electron chi connectivity index (χ4n) is 6.02. The number of anilines is 1. The summed E-state index contributed by atoms with van der Waals surface area (Å²) in [5, 5.41) is 2.63. The van der Waals surface area contributed by atoms with E-state index in [1.165, 1.54) is 77.0 Å². The molecule has 0 aliphatic heterocycles. The van der Waals surface area contributed by atoms with E-state index in [4.69, 9.17) is 19.9 Å². The van der Waals surface area contributed by atoms with Crippen LogP contribution in [0.25, 0.3) is 11.2 Å². The number of unbranched alkanes of at least 4 members (excludes halogenated alkanes) is 14. The van der Waals surface area contributed by atoms with Crippen LogP contribution in [-0.4, -0.2) is 62.4 Å². The minimum absolute atomic E-state index is 0.0715. The van der Waals surface area contributed by atoms with Crippen LogP contribution in [0, 0.1) is 18.8 Å². The Morgan fingerprint density at radius 3 is 1.98 bits per heavy atom. The topological polar surface area (TPSA) is 161 Å². The summed E-state index contributed by atoms with van der Waals surface area (Å²) in [6, 6.07) is -0.869. The zero-order chi connectivity index (χ0) is 37.6. The Morgan fingerprint density at radius 1 is 0.863 bits per heavy atom. The minimum Gasteiger partial charge on any atom is -0.465 e. The molecule has 0 spiro atoms. The standard InChI is InChI=1S/C39H68N6O6/c1-8-9-10-11-12-13-14-15-16-17-18-19-20-21-22-23-32(46)50-27-31(26-45-28-41-34-30(4)42-37(40)44-35(34)45)24-25-49-36(47)33(29(2)3)43-38(48)51-39(5,6)7/h28-29,31,33H,8-27H2,1-7H3,(H,43,48)(H2,40,42,44)/t31-,33?/m1/s1. The highest BCUT2D eigenvalue weighted by Crippen LogP contribution is 2.19. The number of nitrogens with two attached hydrogens (primary N) is 1. The van der Waals surface area contributed by atoms with E-state index in [1.807, 2.05) is 25.3 Å². The number of nitrogen functional groups attached to an aromatic ring is 1. The average Bonchev–Trinajstić information content (AvgIpc) is 3.45. The summed E-state index contributed by atoms with van der Waals surface area (Å²) < 4.78 is 18.5. The molecule has 2 aromatic rings. The lowest BCUT2D eigenvalue weighted by molar-refractivity contribution is -0.150. The molecular formula is C39H68N6O6. The highest BCUT2D eigenvalue weighted by molar-refractivity contribution is 5.81. The molecule has 0 saturated heterocycles. The van der Waals surface area contributed by atoms with Crippen LogP contribution in [0.1, 0.15) is 156 Å². The van der Waals surface area contributed by atoms with Gasteiger partial charge in [-0.25, -0.2) is 19.6 Å². The zero-order valence-corrected chi connectivity index (χ0v) is 32.8. The predicted molar refractivity (Wildman–Crippen MR) is 202 cm³/mol. The maximum absolute atomic E-state index is 13.0. The Morgan fingerprint density at radius 2 is 1.43 bits per heavy atom. The monoisotopic (exact) mass is 717 g/mol. The summed E-state index contributed by atoms with van der Waals surface area (Å²) in [5.74, 6) is -1.05. The first-order valence-electron chi connectivity index (χ1n) is 19.6. The van der Waals surface area contributed by atoms with Crippen molar-refractivity contribution < 1.29 is 28.6 Å². The van der Waals surface area contributed by atoms with E-state index < -0.39 is 23.7 Å². The second kappa shape index (κ2) is 23.9. The highest BCUT2D eigenvalue weighted by atomic mass is 16.6. The third kappa shape index (κ3) is 18.6. The number of nitrogens with zero attached hydrogens (tertiary/aromatic N) is 4. The van der Waals surface area contributed by atoms with Crippen LogP contribution in [0.15, 0.2) is 6.33 Å². The normalized spacial score (nSPS) is 12.9. The molecule has 12 heteroatoms. The van der Waals surface area contributed by atoms with Crippen molar-refractivity contribution in [2.24, 2.45) is 11.8 Å². The van der Waals surface area contributed by atoms with E-state index in [1.54, 1.807) is 27.1 Å². The third-order valence-electron chi connectivity index (χ3n) is 8.94. The van der Waals surface area contributed by atoms with Crippen molar-refractivity contribution in [3.63, 3.8) is 0 Å². The molecule has 0 bridgehead atoms. The van der Waals surface area contributed by atoms with Crippen molar-refractivity contribution in [2.75, 3.05) is 18.9 Å². The molecule has 0 aliphatic rings. The number of alkyl carbamates (subject to hydrolysis) is 1. The molecule has 1 amide bonds. The van der Waals surface area contributed by atoms with E-state index in [0.29, 0.717) is 36.2 Å². The maximum atomic E-state index is 13.0. The molecule has 290 valence electrons. The van der Waals surface area contributed by atoms with Crippen LogP contribution >= 0.6 is 0 Å². The van der Waals surface area contributed by atoms with Gasteiger partial charge in [-0.15, -0.1) is 0 Å². The van der Waals surface area contributed by atoms with Crippen LogP contribution in [0.4, 0.5) is 10.7 Å². The lowest BCUT2D eigenvalue weighted by Gasteiger charge is -2.25. The van der Waals surface area contributed by atoms with Gasteiger partial charge in [0.1, 0.15) is 17.2 Å². The van der Waals surface area contributed by atoms with Gasteiger partial charge in [0.2, 0.25) is 5.95 Å². The fraction of sp³-hybridized carbons (Fsp3) is 0.795. The average molecular weight is 717 g/mol. The molecule has 0 fully saturated rings. The zero-order valence-electron chi connectivity index (χ0n) is 32.8. The number of imidazole rings is 1. The first-order valence-corrected chi connectivity index (χ1v) is 19.6. The van der Waals surface area contributed by atoms with E-state index in [0.717, 1.165) is 19.3 Å². The Hall–Kier alpha value is -3.44. The van der Waals surface area contributed by atoms with E-state index in [2.05, 4.69) is 27.2 Å². The molecule has 0 aliphatic carbocycles. The lowest BCUT2D eigenvalue weighted by Crippen LogP contribution is -2.47. The number of fused-ring (bicyclic) bond motifs is 1. The number of carbonyl (C=O) groups excluding carboxylic acids is 3. The summed E-state index contributed by atoms with van der Waals surface area (Å²) in [6.45, 7) is 13.6. The number of carbonyl (C=O) groups is 3. The van der Waals surface area contributed by atoms with Crippen molar-refractivity contribution in [1.82, 2.24) is 24.8 Å². The molecule has 3 N–H and O–H groups in total. The largest absolute Gasteiger partial charge is 0.465 e. The maximum Gasteiger partial charge on any atom is 0.408 e. The Kier molecular flexibility index (Phi) is 20.5. The van der Waals surface area contributed by atoms with E-state index >= 15 is 0 Å². The van der Waals surface area contributed by atoms with E-state index in [9.17, 15) is 14.4 Å². The molecule has 12 nitrogen and oxygen atoms in total. The number of aromatic nitrogens is 4. The second-order valence-corrected chi connectivity index (χ2v) is 15.3. The molecule has 0 radical (unpaired) electrons. The van der Waals surface area contributed by atoms with Crippen LogP contribution < -0.4 is 11.1 Å². The van der Waals surface area contributed by atoms with Crippen molar-refractivity contribution in [3.8, 4) is 0 Å². The van der Waals surface area contributed by atoms with Gasteiger partial charge in [0, 0.05) is 18.9 Å². The lowest BCUT2D eigenvalue weighted by atomic mass is 10.0. The van der Waals surface area contributed by atoms with Gasteiger partial charge in [0.05, 0.1) is 25.2 Å². The Bertz CT molecular complexity index is 1310. The fourth-order valence-corrected chi connectivity index (χ4v) is 6.02. The molecule has 0 saturated carbocycles. The Labute approximate surface area is 306 Å². The smallest absolute Gasteiger partial charge is 0.408 e. The molecule has 2 rings (SSSR count). The highest BCUT2D eigenvalue weighted by Gasteiger charge is 2.28. The van der Waals surface area contributed by atoms with Gasteiger partial charge in [0.25, 0.3) is 0 Å². The number of ether oxygens (including phenoxy) is 3. The number of hydrogen-bond donors (Lipinski definition) is 2. The number of esters is 2. The second-order valence-electron chi connectivity index (χ2n) is 15.3. The molecule has 2 atom stereocenters. The summed E-state index contributed by atoms with van der Waals surface area (Å²) in [4.78, 5) is 51.1. The van der Waals surface area contributed by atoms with Gasteiger partial charge in [-0.05, 0) is 46.5 Å². The van der Waals surface area contributed by atoms with Crippen molar-refractivity contribution in [1.29, 1.82) is 0 Å². The number of hydrogen-bond acceptors (Lipinski definition) is 10. The molecule has 2 heterocycles. The van der Waals surface area contributed by atoms with Gasteiger partial charge in [-0.3, -0.25) is 4.79 Å². The first-order chi connectivity index (χ1) is 24.3. The van der Waals surface area contributed by atoms with Crippen LogP contribution in [0.2, 0.25) is 0 Å². The van der Waals surface area contributed by atoms with Crippen molar-refractivity contribution in [2.45, 2.75) is 176 Å². The molecule has 2 aromatic heterocycles. The third-order valence-corrected chi connectivity index (χ3v) is 8.94. The van der Waals surface area contributed by atoms with Gasteiger partial charge >= 0.3 is 18.0 Å². The summed E-state index contributed by atoms with van der Waals surface area (Å²) >= 11 is 0. The number of aryl methyl sites for hydroxylation is 1. The number of rotatable bonds is 26. The number of nitrogens with one attached hydrogen (secondary N) is 1. The predicted octanol–water partition coefficient (Wildman–Crippen LogP) is 8.62. The van der Waals surface area contributed by atoms with Crippen LogP contribution in [0.3, 0.4) is 0 Å². The van der Waals surface area contributed by atoms with Gasteiger partial charge in [-0.2, -0.15) is 4.98 Å². The molecular weight excluding hydrogens is 648 g/mol. The quantitative estimate of drug-likeness (QED) is 0.0548.